The SMILES string of the molecule is C[C@]1(CC(=O)Nc2ccc(C#N)c(Cl)c2)CO1. The van der Waals surface area contributed by atoms with Crippen LogP contribution in [0.5, 0.6) is 0 Å². The first-order valence-electron chi connectivity index (χ1n) is 5.16. The molecule has 1 aliphatic rings. The molecule has 1 fully saturated rings. The molecule has 88 valence electrons. The molecule has 5 heteroatoms. The Morgan fingerprint density at radius 1 is 1.71 bits per heavy atom. The minimum atomic E-state index is -0.305. The Bertz CT molecular complexity index is 504. The van der Waals surface area contributed by atoms with E-state index in [2.05, 4.69) is 5.32 Å². The summed E-state index contributed by atoms with van der Waals surface area (Å²) in [6.45, 7) is 2.51. The molecule has 1 atom stereocenters. The smallest absolute Gasteiger partial charge is 0.227 e. The number of halogens is 1. The van der Waals surface area contributed by atoms with Crippen LogP contribution in [0.3, 0.4) is 0 Å². The van der Waals surface area contributed by atoms with E-state index >= 15 is 0 Å². The Labute approximate surface area is 104 Å². The number of nitriles is 1. The maximum absolute atomic E-state index is 11.6. The van der Waals surface area contributed by atoms with Gasteiger partial charge >= 0.3 is 0 Å². The highest BCUT2D eigenvalue weighted by Crippen LogP contribution is 2.30. The van der Waals surface area contributed by atoms with Gasteiger partial charge in [0.25, 0.3) is 0 Å². The first kappa shape index (κ1) is 11.9. The lowest BCUT2D eigenvalue weighted by molar-refractivity contribution is -0.117. The lowest BCUT2D eigenvalue weighted by atomic mass is 10.1. The summed E-state index contributed by atoms with van der Waals surface area (Å²) < 4.78 is 5.13. The maximum Gasteiger partial charge on any atom is 0.227 e. The summed E-state index contributed by atoms with van der Waals surface area (Å²) in [6, 6.07) is 6.75. The number of carbonyl (C=O) groups excluding carboxylic acids is 1. The van der Waals surface area contributed by atoms with Crippen molar-refractivity contribution in [2.24, 2.45) is 0 Å². The van der Waals surface area contributed by atoms with Crippen LogP contribution in [-0.2, 0) is 9.53 Å². The molecule has 17 heavy (non-hydrogen) atoms. The molecule has 1 heterocycles. The van der Waals surface area contributed by atoms with E-state index < -0.39 is 0 Å². The molecule has 0 unspecified atom stereocenters. The van der Waals surface area contributed by atoms with E-state index in [0.29, 0.717) is 29.3 Å². The van der Waals surface area contributed by atoms with Gasteiger partial charge in [0.1, 0.15) is 6.07 Å². The molecule has 0 radical (unpaired) electrons. The molecule has 1 N–H and O–H groups in total. The molecule has 1 saturated heterocycles. The van der Waals surface area contributed by atoms with E-state index in [9.17, 15) is 4.79 Å². The fourth-order valence-electron chi connectivity index (χ4n) is 1.45. The van der Waals surface area contributed by atoms with Gasteiger partial charge in [-0.15, -0.1) is 0 Å². The molecular formula is C12H11ClN2O2. The van der Waals surface area contributed by atoms with Crippen LogP contribution in [-0.4, -0.2) is 18.1 Å². The number of anilines is 1. The Balaban J connectivity index is 2.01. The zero-order valence-electron chi connectivity index (χ0n) is 9.29. The van der Waals surface area contributed by atoms with Crippen LogP contribution in [0.4, 0.5) is 5.69 Å². The summed E-state index contributed by atoms with van der Waals surface area (Å²) >= 11 is 5.86. The summed E-state index contributed by atoms with van der Waals surface area (Å²) in [6.07, 6.45) is 0.324. The number of rotatable bonds is 3. The first-order valence-corrected chi connectivity index (χ1v) is 5.54. The molecule has 0 bridgehead atoms. The molecule has 4 nitrogen and oxygen atoms in total. The third kappa shape index (κ3) is 2.96. The van der Waals surface area contributed by atoms with Crippen LogP contribution in [0.15, 0.2) is 18.2 Å². The van der Waals surface area contributed by atoms with Gasteiger partial charge in [-0.05, 0) is 25.1 Å². The average Bonchev–Trinajstić information content (AvgIpc) is 2.95. The number of carbonyl (C=O) groups is 1. The van der Waals surface area contributed by atoms with Gasteiger partial charge in [-0.1, -0.05) is 11.6 Å². The number of hydrogen-bond donors (Lipinski definition) is 1. The van der Waals surface area contributed by atoms with Gasteiger partial charge in [-0.2, -0.15) is 5.26 Å². The number of hydrogen-bond acceptors (Lipinski definition) is 3. The van der Waals surface area contributed by atoms with E-state index in [4.69, 9.17) is 21.6 Å². The Morgan fingerprint density at radius 3 is 2.94 bits per heavy atom. The maximum atomic E-state index is 11.6. The van der Waals surface area contributed by atoms with Crippen LogP contribution in [0.25, 0.3) is 0 Å². The molecule has 2 rings (SSSR count). The summed E-state index contributed by atoms with van der Waals surface area (Å²) in [7, 11) is 0. The second-order valence-electron chi connectivity index (χ2n) is 4.27. The summed E-state index contributed by atoms with van der Waals surface area (Å²) in [5.41, 5.74) is 0.672. The zero-order chi connectivity index (χ0) is 12.5. The highest BCUT2D eigenvalue weighted by molar-refractivity contribution is 6.32. The molecule has 1 aromatic rings. The largest absolute Gasteiger partial charge is 0.369 e. The molecule has 0 saturated carbocycles. The second kappa shape index (κ2) is 4.36. The molecule has 0 aromatic heterocycles. The summed E-state index contributed by atoms with van der Waals surface area (Å²) in [5, 5.41) is 11.8. The van der Waals surface area contributed by atoms with E-state index in [1.54, 1.807) is 18.2 Å². The molecule has 0 aliphatic carbocycles. The van der Waals surface area contributed by atoms with E-state index in [1.807, 2.05) is 13.0 Å². The number of nitrogens with zero attached hydrogens (tertiary/aromatic N) is 1. The van der Waals surface area contributed by atoms with Crippen LogP contribution < -0.4 is 5.32 Å². The van der Waals surface area contributed by atoms with Crippen LogP contribution in [0, 0.1) is 11.3 Å². The van der Waals surface area contributed by atoms with Crippen molar-refractivity contribution in [2.75, 3.05) is 11.9 Å². The molecule has 1 aromatic carbocycles. The second-order valence-corrected chi connectivity index (χ2v) is 4.68. The number of amides is 1. The Morgan fingerprint density at radius 2 is 2.41 bits per heavy atom. The van der Waals surface area contributed by atoms with Gasteiger partial charge in [0.05, 0.1) is 29.2 Å². The van der Waals surface area contributed by atoms with Gasteiger partial charge in [0.2, 0.25) is 5.91 Å². The van der Waals surface area contributed by atoms with Crippen LogP contribution in [0.2, 0.25) is 5.02 Å². The highest BCUT2D eigenvalue weighted by Gasteiger charge is 2.41. The van der Waals surface area contributed by atoms with Crippen molar-refractivity contribution in [1.82, 2.24) is 0 Å². The quantitative estimate of drug-likeness (QED) is 0.838. The average molecular weight is 251 g/mol. The third-order valence-corrected chi connectivity index (χ3v) is 2.86. The number of nitrogens with one attached hydrogen (secondary N) is 1. The predicted molar refractivity (Wildman–Crippen MR) is 63.8 cm³/mol. The number of ether oxygens (including phenoxy) is 1. The summed E-state index contributed by atoms with van der Waals surface area (Å²) in [4.78, 5) is 11.6. The topological polar surface area (TPSA) is 65.4 Å². The normalized spacial score (nSPS) is 21.7. The van der Waals surface area contributed by atoms with Gasteiger partial charge in [0, 0.05) is 5.69 Å². The van der Waals surface area contributed by atoms with E-state index in [1.165, 1.54) is 0 Å². The standard InChI is InChI=1S/C12H11ClN2O2/c1-12(7-17-12)5-11(16)15-9-3-2-8(6-14)10(13)4-9/h2-4H,5,7H2,1H3,(H,15,16)/t12-/m0/s1. The van der Waals surface area contributed by atoms with Gasteiger partial charge in [-0.25, -0.2) is 0 Å². The fraction of sp³-hybridized carbons (Fsp3) is 0.333. The third-order valence-electron chi connectivity index (χ3n) is 2.54. The summed E-state index contributed by atoms with van der Waals surface area (Å²) in [5.74, 6) is -0.120. The number of benzene rings is 1. The monoisotopic (exact) mass is 250 g/mol. The Kier molecular flexibility index (Phi) is 3.05. The lowest BCUT2D eigenvalue weighted by Crippen LogP contribution is -2.19. The lowest BCUT2D eigenvalue weighted by Gasteiger charge is -2.07. The highest BCUT2D eigenvalue weighted by atomic mass is 35.5. The van der Waals surface area contributed by atoms with Gasteiger partial charge < -0.3 is 10.1 Å². The Hall–Kier alpha value is -1.57. The first-order chi connectivity index (χ1) is 8.02. The zero-order valence-corrected chi connectivity index (χ0v) is 10.0. The molecule has 1 amide bonds. The van der Waals surface area contributed by atoms with Crippen molar-refractivity contribution < 1.29 is 9.53 Å². The molecule has 1 aliphatic heterocycles. The molecular weight excluding hydrogens is 240 g/mol. The fourth-order valence-corrected chi connectivity index (χ4v) is 1.68. The predicted octanol–water partition coefficient (Wildman–Crippen LogP) is 2.33. The van der Waals surface area contributed by atoms with E-state index in [-0.39, 0.29) is 11.5 Å². The van der Waals surface area contributed by atoms with Crippen molar-refractivity contribution in [1.29, 1.82) is 5.26 Å². The van der Waals surface area contributed by atoms with Crippen molar-refractivity contribution in [3.05, 3.63) is 28.8 Å². The van der Waals surface area contributed by atoms with Crippen molar-refractivity contribution in [3.8, 4) is 6.07 Å². The van der Waals surface area contributed by atoms with Gasteiger partial charge in [0.15, 0.2) is 0 Å². The van der Waals surface area contributed by atoms with Crippen LogP contribution >= 0.6 is 11.6 Å². The van der Waals surface area contributed by atoms with E-state index in [0.717, 1.165) is 0 Å². The number of epoxide rings is 1. The minimum absolute atomic E-state index is 0.120. The molecule has 0 spiro atoms. The van der Waals surface area contributed by atoms with Crippen molar-refractivity contribution in [3.63, 3.8) is 0 Å². The van der Waals surface area contributed by atoms with Crippen LogP contribution in [0.1, 0.15) is 18.9 Å². The van der Waals surface area contributed by atoms with Crippen molar-refractivity contribution >= 4 is 23.2 Å². The minimum Gasteiger partial charge on any atom is -0.369 e. The van der Waals surface area contributed by atoms with Crippen molar-refractivity contribution in [2.45, 2.75) is 18.9 Å². The van der Waals surface area contributed by atoms with Gasteiger partial charge in [-0.3, -0.25) is 4.79 Å².